The van der Waals surface area contributed by atoms with E-state index in [1.165, 1.54) is 11.0 Å². The van der Waals surface area contributed by atoms with Gasteiger partial charge in [0.2, 0.25) is 5.91 Å². The van der Waals surface area contributed by atoms with Crippen molar-refractivity contribution in [1.82, 2.24) is 19.7 Å². The Morgan fingerprint density at radius 1 is 1.26 bits per heavy atom. The normalized spacial score (nSPS) is 20.7. The second-order valence-corrected chi connectivity index (χ2v) is 5.85. The first-order chi connectivity index (χ1) is 11.0. The summed E-state index contributed by atoms with van der Waals surface area (Å²) in [6, 6.07) is 9.53. The number of carbonyl (C=O) groups is 2. The third kappa shape index (κ3) is 3.23. The molecule has 1 aliphatic rings. The Bertz CT molecular complexity index is 713. The van der Waals surface area contributed by atoms with Gasteiger partial charge in [-0.25, -0.2) is 9.67 Å². The number of hydrogen-bond donors (Lipinski definition) is 1. The summed E-state index contributed by atoms with van der Waals surface area (Å²) in [5.41, 5.74) is 0.888. The van der Waals surface area contributed by atoms with E-state index in [0.717, 1.165) is 5.56 Å². The van der Waals surface area contributed by atoms with E-state index in [0.29, 0.717) is 12.4 Å². The summed E-state index contributed by atoms with van der Waals surface area (Å²) < 4.78 is 1.49. The zero-order valence-corrected chi connectivity index (χ0v) is 12.8. The van der Waals surface area contributed by atoms with Crippen LogP contribution in [0.1, 0.15) is 6.92 Å². The molecule has 2 atom stereocenters. The van der Waals surface area contributed by atoms with Crippen LogP contribution >= 0.6 is 0 Å². The first-order valence-corrected chi connectivity index (χ1v) is 7.50. The summed E-state index contributed by atoms with van der Waals surface area (Å²) in [5, 5.41) is 13.4. The molecule has 3 rings (SSSR count). The average Bonchev–Trinajstić information content (AvgIpc) is 3.15. The standard InChI is InChI=1S/C16H18N4O3/c1-11-7-19(8-13(11)16(22)23)14(21)9-20-10-17-15(18-20)12-5-3-2-4-6-12/h2-6,10-11,13H,7-9H2,1H3,(H,22,23)/t11-,13-/m1/s1. The summed E-state index contributed by atoms with van der Waals surface area (Å²) in [5.74, 6) is -0.941. The molecule has 0 bridgehead atoms. The van der Waals surface area contributed by atoms with Gasteiger partial charge in [-0.1, -0.05) is 37.3 Å². The highest BCUT2D eigenvalue weighted by Crippen LogP contribution is 2.23. The van der Waals surface area contributed by atoms with Gasteiger partial charge >= 0.3 is 5.97 Å². The van der Waals surface area contributed by atoms with Crippen LogP contribution in [-0.2, 0) is 16.1 Å². The molecule has 2 heterocycles. The lowest BCUT2D eigenvalue weighted by Crippen LogP contribution is -2.33. The van der Waals surface area contributed by atoms with Crippen LogP contribution in [0.3, 0.4) is 0 Å². The van der Waals surface area contributed by atoms with Crippen LogP contribution in [-0.4, -0.2) is 49.7 Å². The summed E-state index contributed by atoms with van der Waals surface area (Å²) in [7, 11) is 0. The van der Waals surface area contributed by atoms with Crippen molar-refractivity contribution in [2.45, 2.75) is 13.5 Å². The van der Waals surface area contributed by atoms with Gasteiger partial charge in [-0.05, 0) is 5.92 Å². The quantitative estimate of drug-likeness (QED) is 0.913. The van der Waals surface area contributed by atoms with Crippen LogP contribution in [0.2, 0.25) is 0 Å². The second-order valence-electron chi connectivity index (χ2n) is 5.85. The molecule has 0 saturated carbocycles. The number of carboxylic acids is 1. The summed E-state index contributed by atoms with van der Waals surface area (Å²) in [6.07, 6.45) is 1.52. The van der Waals surface area contributed by atoms with Crippen LogP contribution in [0.15, 0.2) is 36.7 Å². The van der Waals surface area contributed by atoms with Crippen molar-refractivity contribution in [3.8, 4) is 11.4 Å². The van der Waals surface area contributed by atoms with E-state index in [2.05, 4.69) is 10.1 Å². The van der Waals surface area contributed by atoms with Gasteiger partial charge in [0.1, 0.15) is 12.9 Å². The Morgan fingerprint density at radius 3 is 2.65 bits per heavy atom. The molecular formula is C16H18N4O3. The number of aromatic nitrogens is 3. The number of rotatable bonds is 4. The maximum absolute atomic E-state index is 12.3. The van der Waals surface area contributed by atoms with E-state index in [1.54, 1.807) is 4.90 Å². The molecule has 0 unspecified atom stereocenters. The van der Waals surface area contributed by atoms with E-state index >= 15 is 0 Å². The number of nitrogens with zero attached hydrogens (tertiary/aromatic N) is 4. The topological polar surface area (TPSA) is 88.3 Å². The summed E-state index contributed by atoms with van der Waals surface area (Å²) in [6.45, 7) is 2.65. The van der Waals surface area contributed by atoms with Crippen molar-refractivity contribution in [2.75, 3.05) is 13.1 Å². The zero-order valence-electron chi connectivity index (χ0n) is 12.8. The smallest absolute Gasteiger partial charge is 0.308 e. The Morgan fingerprint density at radius 2 is 2.00 bits per heavy atom. The molecule has 0 spiro atoms. The van der Waals surface area contributed by atoms with E-state index in [9.17, 15) is 9.59 Å². The first-order valence-electron chi connectivity index (χ1n) is 7.50. The Labute approximate surface area is 133 Å². The van der Waals surface area contributed by atoms with Gasteiger partial charge in [0.15, 0.2) is 5.82 Å². The minimum Gasteiger partial charge on any atom is -0.481 e. The van der Waals surface area contributed by atoms with Crippen LogP contribution in [0.25, 0.3) is 11.4 Å². The SMILES string of the molecule is C[C@@H]1CN(C(=O)Cn2cnc(-c3ccccc3)n2)C[C@H]1C(=O)O. The Hall–Kier alpha value is -2.70. The Kier molecular flexibility index (Phi) is 4.10. The third-order valence-electron chi connectivity index (χ3n) is 4.15. The highest BCUT2D eigenvalue weighted by Gasteiger charge is 2.36. The predicted octanol–water partition coefficient (Wildman–Crippen LogP) is 1.12. The van der Waals surface area contributed by atoms with Gasteiger partial charge in [-0.2, -0.15) is 5.10 Å². The van der Waals surface area contributed by atoms with E-state index < -0.39 is 11.9 Å². The molecule has 1 amide bonds. The molecule has 1 aromatic carbocycles. The molecule has 23 heavy (non-hydrogen) atoms. The molecule has 0 aliphatic carbocycles. The molecule has 7 nitrogen and oxygen atoms in total. The number of benzene rings is 1. The first kappa shape index (κ1) is 15.2. The molecular weight excluding hydrogens is 296 g/mol. The number of aliphatic carboxylic acids is 1. The average molecular weight is 314 g/mol. The lowest BCUT2D eigenvalue weighted by atomic mass is 9.99. The largest absolute Gasteiger partial charge is 0.481 e. The molecule has 1 aliphatic heterocycles. The van der Waals surface area contributed by atoms with Gasteiger partial charge in [0.05, 0.1) is 5.92 Å². The number of carboxylic acid groups (broad SMARTS) is 1. The fourth-order valence-corrected chi connectivity index (χ4v) is 2.82. The molecule has 1 aromatic heterocycles. The van der Waals surface area contributed by atoms with Crippen molar-refractivity contribution < 1.29 is 14.7 Å². The minimum atomic E-state index is -0.847. The minimum absolute atomic E-state index is 0.0351. The highest BCUT2D eigenvalue weighted by molar-refractivity contribution is 5.78. The summed E-state index contributed by atoms with van der Waals surface area (Å²) >= 11 is 0. The fourth-order valence-electron chi connectivity index (χ4n) is 2.82. The van der Waals surface area contributed by atoms with Crippen molar-refractivity contribution >= 4 is 11.9 Å². The fraction of sp³-hybridized carbons (Fsp3) is 0.375. The van der Waals surface area contributed by atoms with Gasteiger partial charge in [-0.15, -0.1) is 0 Å². The van der Waals surface area contributed by atoms with Gasteiger partial charge in [0.25, 0.3) is 0 Å². The maximum Gasteiger partial charge on any atom is 0.308 e. The Balaban J connectivity index is 1.65. The molecule has 0 radical (unpaired) electrons. The number of amides is 1. The van der Waals surface area contributed by atoms with Crippen LogP contribution in [0.5, 0.6) is 0 Å². The van der Waals surface area contributed by atoms with Gasteiger partial charge < -0.3 is 10.0 Å². The molecule has 1 fully saturated rings. The lowest BCUT2D eigenvalue weighted by Gasteiger charge is -2.15. The third-order valence-corrected chi connectivity index (χ3v) is 4.15. The monoisotopic (exact) mass is 314 g/mol. The van der Waals surface area contributed by atoms with E-state index in [4.69, 9.17) is 5.11 Å². The van der Waals surface area contributed by atoms with E-state index in [1.807, 2.05) is 37.3 Å². The van der Waals surface area contributed by atoms with Crippen LogP contribution in [0.4, 0.5) is 0 Å². The van der Waals surface area contributed by atoms with E-state index in [-0.39, 0.29) is 24.9 Å². The number of likely N-dealkylation sites (tertiary alicyclic amines) is 1. The number of hydrogen-bond acceptors (Lipinski definition) is 4. The van der Waals surface area contributed by atoms with Gasteiger partial charge in [-0.3, -0.25) is 9.59 Å². The van der Waals surface area contributed by atoms with Crippen LogP contribution < -0.4 is 0 Å². The molecule has 7 heteroatoms. The van der Waals surface area contributed by atoms with Crippen LogP contribution in [0, 0.1) is 11.8 Å². The second kappa shape index (κ2) is 6.20. The molecule has 120 valence electrons. The van der Waals surface area contributed by atoms with Gasteiger partial charge in [0, 0.05) is 18.7 Å². The maximum atomic E-state index is 12.3. The highest BCUT2D eigenvalue weighted by atomic mass is 16.4. The molecule has 1 N–H and O–H groups in total. The van der Waals surface area contributed by atoms with Crippen molar-refractivity contribution in [2.24, 2.45) is 11.8 Å². The molecule has 1 saturated heterocycles. The molecule has 2 aromatic rings. The zero-order chi connectivity index (χ0) is 16.4. The van der Waals surface area contributed by atoms with Crippen molar-refractivity contribution in [3.05, 3.63) is 36.7 Å². The van der Waals surface area contributed by atoms with Crippen molar-refractivity contribution in [3.63, 3.8) is 0 Å². The summed E-state index contributed by atoms with van der Waals surface area (Å²) in [4.78, 5) is 29.3. The predicted molar refractivity (Wildman–Crippen MR) is 82.3 cm³/mol. The van der Waals surface area contributed by atoms with Crippen molar-refractivity contribution in [1.29, 1.82) is 0 Å². The number of carbonyl (C=O) groups excluding carboxylic acids is 1. The lowest BCUT2D eigenvalue weighted by molar-refractivity contribution is -0.142.